The number of benzene rings is 1. The normalized spacial score (nSPS) is 22.5. The first-order valence-corrected chi connectivity index (χ1v) is 13.1. The summed E-state index contributed by atoms with van der Waals surface area (Å²) in [7, 11) is 1.85. The lowest BCUT2D eigenvalue weighted by molar-refractivity contribution is 0.227. The summed E-state index contributed by atoms with van der Waals surface area (Å²) in [4.78, 5) is 6.17. The summed E-state index contributed by atoms with van der Waals surface area (Å²) >= 11 is 0. The largest absolute Gasteiger partial charge is 0.482 e. The van der Waals surface area contributed by atoms with Crippen LogP contribution in [0.4, 0.5) is 10.2 Å². The summed E-state index contributed by atoms with van der Waals surface area (Å²) < 4.78 is 23.1. The van der Waals surface area contributed by atoms with E-state index in [4.69, 9.17) is 25.8 Å². The van der Waals surface area contributed by atoms with Crippen molar-refractivity contribution in [2.75, 3.05) is 5.73 Å². The van der Waals surface area contributed by atoms with Gasteiger partial charge in [0.1, 0.15) is 17.6 Å². The minimum absolute atomic E-state index is 0.0405. The molecule has 2 atom stereocenters. The predicted molar refractivity (Wildman–Crippen MR) is 135 cm³/mol. The Bertz CT molecular complexity index is 1600. The van der Waals surface area contributed by atoms with Gasteiger partial charge in [0, 0.05) is 53.4 Å². The predicted octanol–water partition coefficient (Wildman–Crippen LogP) is 4.89. The molecule has 37 heavy (non-hydrogen) atoms. The summed E-state index contributed by atoms with van der Waals surface area (Å²) in [6.07, 6.45) is 7.07. The molecule has 0 radical (unpaired) electrons. The van der Waals surface area contributed by atoms with E-state index in [-0.39, 0.29) is 17.2 Å². The van der Waals surface area contributed by atoms with E-state index in [9.17, 15) is 4.39 Å². The van der Waals surface area contributed by atoms with Crippen LogP contribution < -0.4 is 10.5 Å². The third kappa shape index (κ3) is 3.12. The minimum Gasteiger partial charge on any atom is -0.482 e. The molecule has 2 fully saturated rings. The number of hydrogen-bond acceptors (Lipinski definition) is 6. The molecule has 2 bridgehead atoms. The van der Waals surface area contributed by atoms with Gasteiger partial charge in [-0.05, 0) is 69.2 Å². The Kier molecular flexibility index (Phi) is 4.14. The van der Waals surface area contributed by atoms with Crippen molar-refractivity contribution in [2.24, 2.45) is 13.0 Å². The number of pyridine rings is 1. The SMILES string of the molecule is C[C@H]1Oc2cc(cnc2N)-c2c3c(nn2CC2CC2)C2(CC2)CC3c2nn(C)nc2-c2ccc(F)cc21. The lowest BCUT2D eigenvalue weighted by atomic mass is 9.89. The van der Waals surface area contributed by atoms with Crippen molar-refractivity contribution in [3.8, 4) is 28.3 Å². The highest BCUT2D eigenvalue weighted by atomic mass is 19.1. The van der Waals surface area contributed by atoms with Crippen molar-refractivity contribution in [1.29, 1.82) is 0 Å². The lowest BCUT2D eigenvalue weighted by Crippen LogP contribution is -2.13. The molecule has 1 aromatic carbocycles. The Labute approximate surface area is 213 Å². The highest BCUT2D eigenvalue weighted by Crippen LogP contribution is 2.64. The topological polar surface area (TPSA) is 96.7 Å². The number of rotatable bonds is 2. The summed E-state index contributed by atoms with van der Waals surface area (Å²) in [6, 6.07) is 6.78. The number of nitrogens with two attached hydrogens (primary N) is 1. The standard InChI is InChI=1S/C28H28FN7O/c1-14-19-10-17(29)5-6-18(19)23-24(33-35(2)32-23)20-11-28(7-8-28)26-22(20)25(36(34-26)13-15-3-4-15)16-9-21(37-14)27(30)31-12-16/h5-6,9-10,12,14-15,20H,3-4,7-8,11,13H2,1-2H3,(H2,30,31)/t14-,20?/m1/s1. The van der Waals surface area contributed by atoms with Gasteiger partial charge in [0.05, 0.1) is 17.1 Å². The van der Waals surface area contributed by atoms with Gasteiger partial charge in [-0.1, -0.05) is 0 Å². The molecule has 1 aliphatic heterocycles. The van der Waals surface area contributed by atoms with E-state index in [1.807, 2.05) is 26.2 Å². The van der Waals surface area contributed by atoms with Crippen molar-refractivity contribution in [3.05, 3.63) is 58.8 Å². The molecule has 2 N–H and O–H groups in total. The zero-order valence-electron chi connectivity index (χ0n) is 20.9. The number of halogens is 1. The maximum atomic E-state index is 14.5. The van der Waals surface area contributed by atoms with Crippen LogP contribution in [0.15, 0.2) is 30.5 Å². The van der Waals surface area contributed by atoms with Gasteiger partial charge in [0.15, 0.2) is 11.6 Å². The van der Waals surface area contributed by atoms with Crippen LogP contribution in [0.2, 0.25) is 0 Å². The van der Waals surface area contributed by atoms with Crippen molar-refractivity contribution in [3.63, 3.8) is 0 Å². The molecule has 3 aliphatic carbocycles. The van der Waals surface area contributed by atoms with Gasteiger partial charge in [-0.2, -0.15) is 20.1 Å². The molecule has 9 heteroatoms. The molecule has 1 spiro atoms. The quantitative estimate of drug-likeness (QED) is 0.424. The van der Waals surface area contributed by atoms with Gasteiger partial charge >= 0.3 is 0 Å². The van der Waals surface area contributed by atoms with Crippen LogP contribution in [-0.2, 0) is 19.0 Å². The smallest absolute Gasteiger partial charge is 0.166 e. The molecule has 4 aromatic rings. The van der Waals surface area contributed by atoms with E-state index in [2.05, 4.69) is 9.67 Å². The second-order valence-corrected chi connectivity index (χ2v) is 11.3. The first-order valence-electron chi connectivity index (χ1n) is 13.1. The summed E-state index contributed by atoms with van der Waals surface area (Å²) in [6.45, 7) is 2.80. The van der Waals surface area contributed by atoms with Crippen molar-refractivity contribution >= 4 is 5.82 Å². The van der Waals surface area contributed by atoms with Gasteiger partial charge in [-0.25, -0.2) is 9.37 Å². The average Bonchev–Trinajstić information content (AvgIpc) is 3.75. The van der Waals surface area contributed by atoms with E-state index < -0.39 is 6.10 Å². The number of fused-ring (bicyclic) bond motifs is 8. The molecule has 4 heterocycles. The molecule has 3 aromatic heterocycles. The van der Waals surface area contributed by atoms with Crippen LogP contribution >= 0.6 is 0 Å². The second-order valence-electron chi connectivity index (χ2n) is 11.3. The first kappa shape index (κ1) is 21.3. The van der Waals surface area contributed by atoms with Gasteiger partial charge in [0.2, 0.25) is 0 Å². The number of ether oxygens (including phenoxy) is 1. The number of anilines is 1. The van der Waals surface area contributed by atoms with Crippen LogP contribution in [0.3, 0.4) is 0 Å². The number of aromatic nitrogens is 6. The van der Waals surface area contributed by atoms with Crippen LogP contribution in [0.5, 0.6) is 5.75 Å². The Hall–Kier alpha value is -3.75. The van der Waals surface area contributed by atoms with Crippen LogP contribution in [0.25, 0.3) is 22.5 Å². The monoisotopic (exact) mass is 497 g/mol. The average molecular weight is 498 g/mol. The molecule has 4 aliphatic rings. The Morgan fingerprint density at radius 2 is 2.00 bits per heavy atom. The highest BCUT2D eigenvalue weighted by molar-refractivity contribution is 5.75. The highest BCUT2D eigenvalue weighted by Gasteiger charge is 2.57. The maximum absolute atomic E-state index is 14.5. The maximum Gasteiger partial charge on any atom is 0.166 e. The Balaban J connectivity index is 1.45. The number of hydrogen-bond donors (Lipinski definition) is 1. The van der Waals surface area contributed by atoms with Crippen LogP contribution in [0.1, 0.15) is 73.6 Å². The van der Waals surface area contributed by atoms with Crippen molar-refractivity contribution < 1.29 is 9.13 Å². The molecular formula is C28H28FN7O. The van der Waals surface area contributed by atoms with Crippen LogP contribution in [0, 0.1) is 11.7 Å². The summed E-state index contributed by atoms with van der Waals surface area (Å²) in [5.41, 5.74) is 14.1. The Morgan fingerprint density at radius 1 is 1.16 bits per heavy atom. The molecule has 8 nitrogen and oxygen atoms in total. The van der Waals surface area contributed by atoms with Crippen LogP contribution in [-0.4, -0.2) is 29.8 Å². The number of nitrogens with zero attached hydrogens (tertiary/aromatic N) is 6. The second kappa shape index (κ2) is 7.18. The summed E-state index contributed by atoms with van der Waals surface area (Å²) in [5.74, 6) is 1.18. The lowest BCUT2D eigenvalue weighted by Gasteiger charge is -2.22. The third-order valence-electron chi connectivity index (χ3n) is 8.65. The summed E-state index contributed by atoms with van der Waals surface area (Å²) in [5, 5.41) is 15.0. The fourth-order valence-corrected chi connectivity index (χ4v) is 6.46. The van der Waals surface area contributed by atoms with Gasteiger partial charge in [-0.15, -0.1) is 0 Å². The molecule has 8 rings (SSSR count). The molecule has 0 amide bonds. The van der Waals surface area contributed by atoms with E-state index in [1.165, 1.54) is 36.2 Å². The molecule has 0 saturated heterocycles. The van der Waals surface area contributed by atoms with Gasteiger partial charge in [-0.3, -0.25) is 4.68 Å². The number of nitrogen functional groups attached to an aromatic ring is 1. The van der Waals surface area contributed by atoms with E-state index in [1.54, 1.807) is 10.9 Å². The minimum atomic E-state index is -0.482. The molecular weight excluding hydrogens is 469 g/mol. The van der Waals surface area contributed by atoms with Crippen molar-refractivity contribution in [2.45, 2.75) is 63.0 Å². The zero-order valence-corrected chi connectivity index (χ0v) is 20.9. The van der Waals surface area contributed by atoms with E-state index in [0.717, 1.165) is 54.0 Å². The van der Waals surface area contributed by atoms with Gasteiger partial charge < -0.3 is 10.5 Å². The zero-order chi connectivity index (χ0) is 25.1. The fraction of sp³-hybridized carbons (Fsp3) is 0.429. The number of aryl methyl sites for hydroxylation is 1. The molecule has 2 saturated carbocycles. The molecule has 1 unspecified atom stereocenters. The van der Waals surface area contributed by atoms with E-state index >= 15 is 0 Å². The molecule has 188 valence electrons. The van der Waals surface area contributed by atoms with Gasteiger partial charge in [0.25, 0.3) is 0 Å². The third-order valence-corrected chi connectivity index (χ3v) is 8.65. The fourth-order valence-electron chi connectivity index (χ4n) is 6.46. The first-order chi connectivity index (χ1) is 17.9. The van der Waals surface area contributed by atoms with Crippen molar-refractivity contribution in [1.82, 2.24) is 29.8 Å². The Morgan fingerprint density at radius 3 is 2.78 bits per heavy atom. The van der Waals surface area contributed by atoms with E-state index in [0.29, 0.717) is 23.0 Å².